The molecule has 0 saturated heterocycles. The first-order chi connectivity index (χ1) is 12.3. The molecule has 2 aromatic rings. The van der Waals surface area contributed by atoms with Crippen molar-refractivity contribution in [3.8, 4) is 0 Å². The SMILES string of the molecule is CC1(C)[C@H](c2ccc(S(N)(=O)=O)cc2)[C@H]1c1noc(C2CCCCC2)n1. The Balaban J connectivity index is 1.55. The van der Waals surface area contributed by atoms with Crippen molar-refractivity contribution in [3.05, 3.63) is 41.5 Å². The van der Waals surface area contributed by atoms with Crippen LogP contribution in [0.4, 0.5) is 0 Å². The molecule has 2 fully saturated rings. The second kappa shape index (κ2) is 6.16. The third kappa shape index (κ3) is 3.07. The lowest BCUT2D eigenvalue weighted by Crippen LogP contribution is -2.11. The number of sulfonamides is 1. The highest BCUT2D eigenvalue weighted by atomic mass is 32.2. The number of hydrogen-bond acceptors (Lipinski definition) is 5. The van der Waals surface area contributed by atoms with Crippen molar-refractivity contribution in [2.45, 2.75) is 68.6 Å². The zero-order valence-corrected chi connectivity index (χ0v) is 16.0. The van der Waals surface area contributed by atoms with Crippen molar-refractivity contribution in [1.82, 2.24) is 10.1 Å². The average Bonchev–Trinajstić information content (AvgIpc) is 2.95. The van der Waals surface area contributed by atoms with Crippen LogP contribution in [0.25, 0.3) is 0 Å². The van der Waals surface area contributed by atoms with Gasteiger partial charge in [-0.25, -0.2) is 13.6 Å². The highest BCUT2D eigenvalue weighted by Crippen LogP contribution is 2.69. The monoisotopic (exact) mass is 375 g/mol. The Hall–Kier alpha value is -1.73. The molecule has 2 aliphatic carbocycles. The summed E-state index contributed by atoms with van der Waals surface area (Å²) in [4.78, 5) is 4.87. The molecule has 2 N–H and O–H groups in total. The van der Waals surface area contributed by atoms with Crippen LogP contribution in [0, 0.1) is 5.41 Å². The molecule has 0 amide bonds. The quantitative estimate of drug-likeness (QED) is 0.879. The summed E-state index contributed by atoms with van der Waals surface area (Å²) in [7, 11) is -3.67. The summed E-state index contributed by atoms with van der Waals surface area (Å²) in [6.07, 6.45) is 6.03. The predicted octanol–water partition coefficient (Wildman–Crippen LogP) is 3.67. The van der Waals surface area contributed by atoms with E-state index in [1.807, 2.05) is 12.1 Å². The molecule has 0 unspecified atom stereocenters. The maximum atomic E-state index is 11.4. The minimum atomic E-state index is -3.67. The number of nitrogens with zero attached hydrogens (tertiary/aromatic N) is 2. The normalized spacial score (nSPS) is 26.0. The summed E-state index contributed by atoms with van der Waals surface area (Å²) >= 11 is 0. The lowest BCUT2D eigenvalue weighted by molar-refractivity contribution is 0.311. The van der Waals surface area contributed by atoms with Crippen LogP contribution in [0.2, 0.25) is 0 Å². The van der Waals surface area contributed by atoms with Gasteiger partial charge >= 0.3 is 0 Å². The Labute approximate surface area is 154 Å². The van der Waals surface area contributed by atoms with Crippen molar-refractivity contribution >= 4 is 10.0 Å². The van der Waals surface area contributed by atoms with Crippen LogP contribution < -0.4 is 5.14 Å². The smallest absolute Gasteiger partial charge is 0.238 e. The minimum Gasteiger partial charge on any atom is -0.339 e. The Bertz CT molecular complexity index is 896. The van der Waals surface area contributed by atoms with E-state index in [2.05, 4.69) is 19.0 Å². The predicted molar refractivity (Wildman–Crippen MR) is 97.2 cm³/mol. The van der Waals surface area contributed by atoms with Crippen LogP contribution >= 0.6 is 0 Å². The fourth-order valence-electron chi connectivity index (χ4n) is 4.50. The first kappa shape index (κ1) is 17.7. The molecule has 0 bridgehead atoms. The molecule has 26 heavy (non-hydrogen) atoms. The Morgan fingerprint density at radius 2 is 1.73 bits per heavy atom. The minimum absolute atomic E-state index is 0.0107. The van der Waals surface area contributed by atoms with Gasteiger partial charge in [-0.05, 0) is 36.0 Å². The van der Waals surface area contributed by atoms with Crippen molar-refractivity contribution in [2.24, 2.45) is 10.6 Å². The molecule has 0 spiro atoms. The maximum absolute atomic E-state index is 11.4. The van der Waals surface area contributed by atoms with Crippen molar-refractivity contribution in [3.63, 3.8) is 0 Å². The number of hydrogen-bond donors (Lipinski definition) is 1. The fraction of sp³-hybridized carbons (Fsp3) is 0.579. The molecule has 1 aromatic heterocycles. The molecule has 0 radical (unpaired) electrons. The van der Waals surface area contributed by atoms with Crippen LogP contribution in [0.1, 0.15) is 81.0 Å². The van der Waals surface area contributed by atoms with E-state index in [-0.39, 0.29) is 22.1 Å². The maximum Gasteiger partial charge on any atom is 0.238 e. The molecule has 1 aromatic carbocycles. The van der Waals surface area contributed by atoms with Gasteiger partial charge in [0.2, 0.25) is 15.9 Å². The van der Waals surface area contributed by atoms with Crippen molar-refractivity contribution in [1.29, 1.82) is 0 Å². The number of primary sulfonamides is 1. The third-order valence-electron chi connectivity index (χ3n) is 6.09. The lowest BCUT2D eigenvalue weighted by Gasteiger charge is -2.17. The molecule has 0 aliphatic heterocycles. The second-order valence-corrected chi connectivity index (χ2v) is 9.78. The second-order valence-electron chi connectivity index (χ2n) is 8.22. The van der Waals surface area contributed by atoms with Gasteiger partial charge in [-0.15, -0.1) is 0 Å². The first-order valence-corrected chi connectivity index (χ1v) is 10.8. The van der Waals surface area contributed by atoms with Gasteiger partial charge in [0.25, 0.3) is 0 Å². The summed E-state index contributed by atoms with van der Waals surface area (Å²) in [5.41, 5.74) is 1.09. The van der Waals surface area contributed by atoms with Gasteiger partial charge in [0.15, 0.2) is 5.82 Å². The molecule has 2 aliphatic rings. The summed E-state index contributed by atoms with van der Waals surface area (Å²) in [5, 5.41) is 9.46. The van der Waals surface area contributed by atoms with E-state index >= 15 is 0 Å². The van der Waals surface area contributed by atoms with E-state index < -0.39 is 10.0 Å². The van der Waals surface area contributed by atoms with Crippen LogP contribution in [0.3, 0.4) is 0 Å². The zero-order valence-electron chi connectivity index (χ0n) is 15.2. The summed E-state index contributed by atoms with van der Waals surface area (Å²) in [6.45, 7) is 4.37. The number of rotatable bonds is 4. The van der Waals surface area contributed by atoms with Gasteiger partial charge in [-0.1, -0.05) is 50.4 Å². The van der Waals surface area contributed by atoms with Gasteiger partial charge in [0.1, 0.15) is 0 Å². The third-order valence-corrected chi connectivity index (χ3v) is 7.01. The molecule has 6 nitrogen and oxygen atoms in total. The standard InChI is InChI=1S/C19H25N3O3S/c1-19(2)15(12-8-10-14(11-9-12)26(20,23)24)16(19)17-21-18(25-22-17)13-6-4-3-5-7-13/h8-11,13,15-16H,3-7H2,1-2H3,(H2,20,23,24)/t15-,16+/m1/s1. The summed E-state index contributed by atoms with van der Waals surface area (Å²) in [5.74, 6) is 2.39. The van der Waals surface area contributed by atoms with E-state index in [4.69, 9.17) is 14.6 Å². The average molecular weight is 375 g/mol. The first-order valence-electron chi connectivity index (χ1n) is 9.25. The largest absolute Gasteiger partial charge is 0.339 e. The summed E-state index contributed by atoms with van der Waals surface area (Å²) < 4.78 is 28.5. The molecule has 7 heteroatoms. The van der Waals surface area contributed by atoms with Crippen molar-refractivity contribution in [2.75, 3.05) is 0 Å². The van der Waals surface area contributed by atoms with E-state index in [9.17, 15) is 8.42 Å². The molecule has 1 heterocycles. The van der Waals surface area contributed by atoms with Crippen LogP contribution in [0.15, 0.2) is 33.7 Å². The van der Waals surface area contributed by atoms with Crippen LogP contribution in [0.5, 0.6) is 0 Å². The van der Waals surface area contributed by atoms with Gasteiger partial charge in [-0.3, -0.25) is 0 Å². The van der Waals surface area contributed by atoms with Crippen molar-refractivity contribution < 1.29 is 12.9 Å². The van der Waals surface area contributed by atoms with Gasteiger partial charge in [0.05, 0.1) is 4.90 Å². The van der Waals surface area contributed by atoms with Crippen LogP contribution in [-0.4, -0.2) is 18.6 Å². The van der Waals surface area contributed by atoms with E-state index in [1.165, 1.54) is 19.3 Å². The Morgan fingerprint density at radius 3 is 2.35 bits per heavy atom. The van der Waals surface area contributed by atoms with E-state index in [0.29, 0.717) is 5.92 Å². The molecule has 4 rings (SSSR count). The lowest BCUT2D eigenvalue weighted by atomic mass is 9.89. The number of benzene rings is 1. The van der Waals surface area contributed by atoms with Gasteiger partial charge in [0, 0.05) is 17.8 Å². The van der Waals surface area contributed by atoms with Crippen LogP contribution in [-0.2, 0) is 10.0 Å². The van der Waals surface area contributed by atoms with E-state index in [0.717, 1.165) is 30.1 Å². The number of nitrogens with two attached hydrogens (primary N) is 1. The van der Waals surface area contributed by atoms with Gasteiger partial charge < -0.3 is 4.52 Å². The summed E-state index contributed by atoms with van der Waals surface area (Å²) in [6, 6.07) is 6.82. The fourth-order valence-corrected chi connectivity index (χ4v) is 5.01. The number of aromatic nitrogens is 2. The molecular formula is C19H25N3O3S. The molecule has 2 saturated carbocycles. The Kier molecular flexibility index (Phi) is 4.19. The highest BCUT2D eigenvalue weighted by Gasteiger charge is 2.61. The molecular weight excluding hydrogens is 350 g/mol. The van der Waals surface area contributed by atoms with Gasteiger partial charge in [-0.2, -0.15) is 4.98 Å². The van der Waals surface area contributed by atoms with E-state index in [1.54, 1.807) is 12.1 Å². The highest BCUT2D eigenvalue weighted by molar-refractivity contribution is 7.89. The topological polar surface area (TPSA) is 99.1 Å². The Morgan fingerprint density at radius 1 is 1.08 bits per heavy atom. The molecule has 140 valence electrons. The molecule has 2 atom stereocenters. The zero-order chi connectivity index (χ0) is 18.5.